The summed E-state index contributed by atoms with van der Waals surface area (Å²) < 4.78 is 5.03. The topological polar surface area (TPSA) is 68.5 Å². The van der Waals surface area contributed by atoms with Crippen molar-refractivity contribution in [1.29, 1.82) is 0 Å². The summed E-state index contributed by atoms with van der Waals surface area (Å²) in [6.07, 6.45) is 1.54. The Labute approximate surface area is 123 Å². The zero-order valence-electron chi connectivity index (χ0n) is 12.1. The molecule has 0 aromatic carbocycles. The van der Waals surface area contributed by atoms with Crippen LogP contribution in [0.5, 0.6) is 0 Å². The van der Waals surface area contributed by atoms with Crippen LogP contribution in [0.25, 0.3) is 0 Å². The number of nitrogens with zero attached hydrogens (tertiary/aromatic N) is 2. The van der Waals surface area contributed by atoms with Crippen LogP contribution >= 0.6 is 11.8 Å². The second kappa shape index (κ2) is 6.35. The van der Waals surface area contributed by atoms with Crippen LogP contribution in [-0.4, -0.2) is 41.1 Å². The van der Waals surface area contributed by atoms with E-state index in [4.69, 9.17) is 10.5 Å². The highest BCUT2D eigenvalue weighted by Gasteiger charge is 2.27. The number of carbonyl (C=O) groups is 1. The van der Waals surface area contributed by atoms with Crippen LogP contribution < -0.4 is 10.6 Å². The van der Waals surface area contributed by atoms with Crippen molar-refractivity contribution in [2.75, 3.05) is 29.5 Å². The number of anilines is 2. The van der Waals surface area contributed by atoms with E-state index < -0.39 is 0 Å². The summed E-state index contributed by atoms with van der Waals surface area (Å²) in [5.74, 6) is 1.47. The van der Waals surface area contributed by atoms with Gasteiger partial charge in [0, 0.05) is 23.6 Å². The van der Waals surface area contributed by atoms with E-state index in [1.807, 2.05) is 11.8 Å². The summed E-state index contributed by atoms with van der Waals surface area (Å²) in [5.41, 5.74) is 6.58. The van der Waals surface area contributed by atoms with Gasteiger partial charge in [0.25, 0.3) is 0 Å². The molecule has 2 N–H and O–H groups in total. The maximum Gasteiger partial charge on any atom is 0.340 e. The molecule has 110 valence electrons. The summed E-state index contributed by atoms with van der Waals surface area (Å²) in [4.78, 5) is 18.5. The predicted octanol–water partition coefficient (Wildman–Crippen LogP) is 2.17. The fraction of sp³-hybridized carbons (Fsp3) is 0.571. The summed E-state index contributed by atoms with van der Waals surface area (Å²) in [6, 6.07) is 2.12. The molecule has 1 aliphatic heterocycles. The first-order valence-electron chi connectivity index (χ1n) is 6.85. The summed E-state index contributed by atoms with van der Waals surface area (Å²) >= 11 is 1.96. The van der Waals surface area contributed by atoms with Gasteiger partial charge in [-0.1, -0.05) is 6.92 Å². The molecule has 0 bridgehead atoms. The molecule has 2 unspecified atom stereocenters. The highest BCUT2D eigenvalue weighted by Crippen LogP contribution is 2.29. The van der Waals surface area contributed by atoms with Crippen molar-refractivity contribution < 1.29 is 9.53 Å². The smallest absolute Gasteiger partial charge is 0.340 e. The Kier molecular flexibility index (Phi) is 4.75. The SMILES string of the molecule is CCOC(=O)c1cc(N2CCSC(C)C2C)ncc1N. The molecule has 1 aromatic heterocycles. The third-order valence-corrected chi connectivity index (χ3v) is 4.93. The maximum absolute atomic E-state index is 11.9. The highest BCUT2D eigenvalue weighted by atomic mass is 32.2. The number of aromatic nitrogens is 1. The zero-order chi connectivity index (χ0) is 14.7. The molecule has 1 saturated heterocycles. The van der Waals surface area contributed by atoms with Gasteiger partial charge >= 0.3 is 5.97 Å². The van der Waals surface area contributed by atoms with E-state index in [9.17, 15) is 4.79 Å². The number of esters is 1. The molecule has 0 aliphatic carbocycles. The molecule has 0 saturated carbocycles. The average Bonchev–Trinajstić information content (AvgIpc) is 2.43. The molecule has 1 fully saturated rings. The molecule has 0 spiro atoms. The number of thioether (sulfide) groups is 1. The standard InChI is InChI=1S/C14H21N3O2S/c1-4-19-14(18)11-7-13(16-8-12(11)15)17-5-6-20-10(3)9(17)2/h7-10H,4-6,15H2,1-3H3. The van der Waals surface area contributed by atoms with Crippen molar-refractivity contribution in [1.82, 2.24) is 4.98 Å². The van der Waals surface area contributed by atoms with Gasteiger partial charge in [0.05, 0.1) is 24.1 Å². The van der Waals surface area contributed by atoms with Crippen molar-refractivity contribution in [3.8, 4) is 0 Å². The molecule has 1 aromatic rings. The van der Waals surface area contributed by atoms with Crippen LogP contribution in [0.15, 0.2) is 12.3 Å². The molecule has 2 rings (SSSR count). The zero-order valence-corrected chi connectivity index (χ0v) is 12.9. The normalized spacial score (nSPS) is 22.6. The van der Waals surface area contributed by atoms with E-state index >= 15 is 0 Å². The van der Waals surface area contributed by atoms with E-state index in [0.29, 0.717) is 29.1 Å². The molecule has 2 heterocycles. The lowest BCUT2D eigenvalue weighted by Gasteiger charge is -2.38. The Morgan fingerprint density at radius 1 is 1.60 bits per heavy atom. The van der Waals surface area contributed by atoms with Crippen LogP contribution in [-0.2, 0) is 4.74 Å². The van der Waals surface area contributed by atoms with E-state index in [0.717, 1.165) is 18.1 Å². The Bertz CT molecular complexity index is 495. The Morgan fingerprint density at radius 2 is 2.35 bits per heavy atom. The monoisotopic (exact) mass is 295 g/mol. The van der Waals surface area contributed by atoms with Crippen LogP contribution in [0, 0.1) is 0 Å². The Morgan fingerprint density at radius 3 is 3.05 bits per heavy atom. The van der Waals surface area contributed by atoms with Gasteiger partial charge in [0.2, 0.25) is 0 Å². The van der Waals surface area contributed by atoms with Crippen molar-refractivity contribution >= 4 is 29.2 Å². The quantitative estimate of drug-likeness (QED) is 0.862. The molecule has 0 amide bonds. The molecular formula is C14H21N3O2S. The molecule has 0 radical (unpaired) electrons. The summed E-state index contributed by atoms with van der Waals surface area (Å²) in [7, 11) is 0. The predicted molar refractivity (Wildman–Crippen MR) is 83.3 cm³/mol. The van der Waals surface area contributed by atoms with Gasteiger partial charge in [-0.15, -0.1) is 0 Å². The number of hydrogen-bond donors (Lipinski definition) is 1. The summed E-state index contributed by atoms with van der Waals surface area (Å²) in [5, 5.41) is 0.536. The van der Waals surface area contributed by atoms with E-state index in [1.54, 1.807) is 19.2 Å². The van der Waals surface area contributed by atoms with Crippen LogP contribution in [0.2, 0.25) is 0 Å². The van der Waals surface area contributed by atoms with Gasteiger partial charge in [-0.2, -0.15) is 11.8 Å². The van der Waals surface area contributed by atoms with Crippen molar-refractivity contribution in [2.24, 2.45) is 0 Å². The third-order valence-electron chi connectivity index (χ3n) is 3.59. The van der Waals surface area contributed by atoms with Crippen molar-refractivity contribution in [3.05, 3.63) is 17.8 Å². The number of rotatable bonds is 3. The largest absolute Gasteiger partial charge is 0.462 e. The van der Waals surface area contributed by atoms with Crippen LogP contribution in [0.3, 0.4) is 0 Å². The average molecular weight is 295 g/mol. The number of pyridine rings is 1. The fourth-order valence-corrected chi connectivity index (χ4v) is 3.35. The van der Waals surface area contributed by atoms with Gasteiger partial charge < -0.3 is 15.4 Å². The minimum atomic E-state index is -0.388. The Hall–Kier alpha value is -1.43. The fourth-order valence-electron chi connectivity index (χ4n) is 2.25. The second-order valence-corrected chi connectivity index (χ2v) is 6.35. The number of nitrogen functional groups attached to an aromatic ring is 1. The highest BCUT2D eigenvalue weighted by molar-refractivity contribution is 8.00. The molecule has 5 nitrogen and oxygen atoms in total. The minimum Gasteiger partial charge on any atom is -0.462 e. The second-order valence-electron chi connectivity index (χ2n) is 4.86. The van der Waals surface area contributed by atoms with Gasteiger partial charge in [0.15, 0.2) is 0 Å². The number of carbonyl (C=O) groups excluding carboxylic acids is 1. The van der Waals surface area contributed by atoms with Gasteiger partial charge in [-0.3, -0.25) is 0 Å². The van der Waals surface area contributed by atoms with Gasteiger partial charge in [-0.25, -0.2) is 9.78 Å². The van der Waals surface area contributed by atoms with Gasteiger partial charge in [0.1, 0.15) is 5.82 Å². The summed E-state index contributed by atoms with van der Waals surface area (Å²) in [6.45, 7) is 7.44. The minimum absolute atomic E-state index is 0.337. The van der Waals surface area contributed by atoms with Crippen LogP contribution in [0.1, 0.15) is 31.1 Å². The van der Waals surface area contributed by atoms with E-state index in [-0.39, 0.29) is 5.97 Å². The maximum atomic E-state index is 11.9. The van der Waals surface area contributed by atoms with E-state index in [2.05, 4.69) is 23.7 Å². The number of ether oxygens (including phenoxy) is 1. The van der Waals surface area contributed by atoms with E-state index in [1.165, 1.54) is 0 Å². The number of nitrogens with two attached hydrogens (primary N) is 1. The molecule has 6 heteroatoms. The lowest BCUT2D eigenvalue weighted by Crippen LogP contribution is -2.45. The van der Waals surface area contributed by atoms with Crippen molar-refractivity contribution in [2.45, 2.75) is 32.1 Å². The first kappa shape index (κ1) is 15.0. The first-order chi connectivity index (χ1) is 9.54. The molecule has 2 atom stereocenters. The first-order valence-corrected chi connectivity index (χ1v) is 7.90. The van der Waals surface area contributed by atoms with Crippen LogP contribution in [0.4, 0.5) is 11.5 Å². The van der Waals surface area contributed by atoms with Gasteiger partial charge in [-0.05, 0) is 19.9 Å². The van der Waals surface area contributed by atoms with Crippen molar-refractivity contribution in [3.63, 3.8) is 0 Å². The molecule has 20 heavy (non-hydrogen) atoms. The molecule has 1 aliphatic rings. The third kappa shape index (κ3) is 3.00. The number of hydrogen-bond acceptors (Lipinski definition) is 6. The lowest BCUT2D eigenvalue weighted by molar-refractivity contribution is 0.0527. The molecular weight excluding hydrogens is 274 g/mol. The lowest BCUT2D eigenvalue weighted by atomic mass is 10.1. The Balaban J connectivity index is 2.28.